The van der Waals surface area contributed by atoms with Crippen LogP contribution in [0.2, 0.25) is 5.02 Å². The summed E-state index contributed by atoms with van der Waals surface area (Å²) in [5.41, 5.74) is 3.18. The highest BCUT2D eigenvalue weighted by Gasteiger charge is 2.22. The number of rotatable bonds is 1. The monoisotopic (exact) mass is 241 g/mol. The minimum Gasteiger partial charge on any atom is -0.317 e. The summed E-state index contributed by atoms with van der Waals surface area (Å²) in [5, 5.41) is 3.64. The third-order valence-corrected chi connectivity index (χ3v) is 3.92. The molecule has 0 radical (unpaired) electrons. The van der Waals surface area contributed by atoms with Crippen LogP contribution >= 0.6 is 11.6 Å². The average molecular weight is 242 g/mol. The molecule has 1 aliphatic heterocycles. The lowest BCUT2D eigenvalue weighted by Gasteiger charge is -2.26. The van der Waals surface area contributed by atoms with Gasteiger partial charge in [0.15, 0.2) is 0 Å². The van der Waals surface area contributed by atoms with Gasteiger partial charge < -0.3 is 5.32 Å². The quantitative estimate of drug-likeness (QED) is 0.793. The Balaban J connectivity index is 2.45. The Bertz CT molecular complexity index is 371. The second-order valence-corrected chi connectivity index (χ2v) is 4.93. The molecule has 1 saturated heterocycles. The molecule has 1 aromatic rings. The highest BCUT2D eigenvalue weighted by molar-refractivity contribution is 6.31. The van der Waals surface area contributed by atoms with E-state index in [1.165, 1.54) is 6.07 Å². The molecule has 0 bridgehead atoms. The highest BCUT2D eigenvalue weighted by Crippen LogP contribution is 2.36. The molecule has 1 aliphatic rings. The minimum absolute atomic E-state index is 0.279. The zero-order valence-corrected chi connectivity index (χ0v) is 10.5. The molecule has 1 fully saturated rings. The van der Waals surface area contributed by atoms with Crippen molar-refractivity contribution in [2.75, 3.05) is 13.1 Å². The Morgan fingerprint density at radius 2 is 1.94 bits per heavy atom. The lowest BCUT2D eigenvalue weighted by atomic mass is 9.86. The summed E-state index contributed by atoms with van der Waals surface area (Å²) in [6, 6.07) is 1.53. The van der Waals surface area contributed by atoms with Crippen LogP contribution in [-0.4, -0.2) is 13.1 Å². The first kappa shape index (κ1) is 11.9. The zero-order chi connectivity index (χ0) is 11.7. The second kappa shape index (κ2) is 4.72. The lowest BCUT2D eigenvalue weighted by molar-refractivity contribution is 0.457. The van der Waals surface area contributed by atoms with E-state index >= 15 is 0 Å². The third-order valence-electron chi connectivity index (χ3n) is 3.53. The summed E-state index contributed by atoms with van der Waals surface area (Å²) >= 11 is 6.11. The summed E-state index contributed by atoms with van der Waals surface area (Å²) in [6.07, 6.45) is 2.09. The van der Waals surface area contributed by atoms with E-state index in [-0.39, 0.29) is 5.82 Å². The number of benzene rings is 1. The number of halogens is 2. The zero-order valence-electron chi connectivity index (χ0n) is 9.74. The van der Waals surface area contributed by atoms with Crippen LogP contribution in [0.3, 0.4) is 0 Å². The van der Waals surface area contributed by atoms with Gasteiger partial charge >= 0.3 is 0 Å². The molecule has 2 rings (SSSR count). The molecule has 16 heavy (non-hydrogen) atoms. The van der Waals surface area contributed by atoms with Gasteiger partial charge in [-0.25, -0.2) is 4.39 Å². The van der Waals surface area contributed by atoms with E-state index in [9.17, 15) is 4.39 Å². The van der Waals surface area contributed by atoms with Crippen molar-refractivity contribution < 1.29 is 4.39 Å². The number of nitrogens with one attached hydrogen (secondary N) is 1. The highest BCUT2D eigenvalue weighted by atomic mass is 35.5. The van der Waals surface area contributed by atoms with Crippen molar-refractivity contribution in [1.29, 1.82) is 0 Å². The third kappa shape index (κ3) is 2.09. The van der Waals surface area contributed by atoms with Gasteiger partial charge in [0.2, 0.25) is 0 Å². The van der Waals surface area contributed by atoms with Crippen molar-refractivity contribution in [3.8, 4) is 0 Å². The molecular weight excluding hydrogens is 225 g/mol. The van der Waals surface area contributed by atoms with E-state index in [1.54, 1.807) is 0 Å². The van der Waals surface area contributed by atoms with Gasteiger partial charge in [0, 0.05) is 0 Å². The van der Waals surface area contributed by atoms with Crippen molar-refractivity contribution >= 4 is 11.6 Å². The van der Waals surface area contributed by atoms with Crippen LogP contribution in [0.4, 0.5) is 4.39 Å². The van der Waals surface area contributed by atoms with Crippen molar-refractivity contribution in [2.24, 2.45) is 0 Å². The van der Waals surface area contributed by atoms with E-state index in [0.717, 1.165) is 42.6 Å². The van der Waals surface area contributed by atoms with Crippen LogP contribution in [0.1, 0.15) is 35.4 Å². The van der Waals surface area contributed by atoms with E-state index in [1.807, 2.05) is 13.8 Å². The molecule has 0 amide bonds. The Morgan fingerprint density at radius 3 is 2.56 bits per heavy atom. The van der Waals surface area contributed by atoms with Crippen LogP contribution in [-0.2, 0) is 0 Å². The van der Waals surface area contributed by atoms with Gasteiger partial charge in [-0.05, 0) is 68.5 Å². The molecule has 88 valence electrons. The molecule has 0 aromatic heterocycles. The number of hydrogen-bond acceptors (Lipinski definition) is 1. The molecular formula is C13H17ClFN. The summed E-state index contributed by atoms with van der Waals surface area (Å²) in [5.74, 6) is 0.126. The van der Waals surface area contributed by atoms with Gasteiger partial charge in [-0.3, -0.25) is 0 Å². The van der Waals surface area contributed by atoms with Gasteiger partial charge in [-0.2, -0.15) is 0 Å². The van der Waals surface area contributed by atoms with Crippen LogP contribution in [0.25, 0.3) is 0 Å². The Kier molecular flexibility index (Phi) is 3.50. The SMILES string of the molecule is Cc1cc(F)c(Cl)c(C2CCNCC2)c1C. The fourth-order valence-corrected chi connectivity index (χ4v) is 2.81. The van der Waals surface area contributed by atoms with Crippen LogP contribution in [0.15, 0.2) is 6.07 Å². The largest absolute Gasteiger partial charge is 0.317 e. The molecule has 1 N–H and O–H groups in total. The Labute approximate surface area is 101 Å². The van der Waals surface area contributed by atoms with Gasteiger partial charge in [-0.1, -0.05) is 11.6 Å². The molecule has 3 heteroatoms. The lowest BCUT2D eigenvalue weighted by Crippen LogP contribution is -2.27. The number of aryl methyl sites for hydroxylation is 1. The molecule has 0 spiro atoms. The predicted molar refractivity (Wildman–Crippen MR) is 65.7 cm³/mol. The van der Waals surface area contributed by atoms with Crippen molar-refractivity contribution in [3.05, 3.63) is 33.6 Å². The molecule has 0 atom stereocenters. The molecule has 0 saturated carbocycles. The Morgan fingerprint density at radius 1 is 1.31 bits per heavy atom. The fourth-order valence-electron chi connectivity index (χ4n) is 2.46. The van der Waals surface area contributed by atoms with Crippen molar-refractivity contribution in [3.63, 3.8) is 0 Å². The smallest absolute Gasteiger partial charge is 0.142 e. The van der Waals surface area contributed by atoms with Crippen LogP contribution < -0.4 is 5.32 Å². The number of piperidine rings is 1. The second-order valence-electron chi connectivity index (χ2n) is 4.55. The van der Waals surface area contributed by atoms with Gasteiger partial charge in [-0.15, -0.1) is 0 Å². The Hall–Kier alpha value is -0.600. The molecule has 0 unspecified atom stereocenters. The normalized spacial score (nSPS) is 17.8. The summed E-state index contributed by atoms with van der Waals surface area (Å²) in [7, 11) is 0. The standard InChI is InChI=1S/C13H17ClFN/c1-8-7-11(15)13(14)12(9(8)2)10-3-5-16-6-4-10/h7,10,16H,3-6H2,1-2H3. The molecule has 1 aromatic carbocycles. The fraction of sp³-hybridized carbons (Fsp3) is 0.538. The van der Waals surface area contributed by atoms with E-state index in [0.29, 0.717) is 10.9 Å². The molecule has 1 heterocycles. The number of hydrogen-bond donors (Lipinski definition) is 1. The van der Waals surface area contributed by atoms with E-state index < -0.39 is 0 Å². The maximum Gasteiger partial charge on any atom is 0.142 e. The molecule has 0 aliphatic carbocycles. The van der Waals surface area contributed by atoms with Crippen LogP contribution in [0, 0.1) is 19.7 Å². The first-order valence-electron chi connectivity index (χ1n) is 5.77. The summed E-state index contributed by atoms with van der Waals surface area (Å²) in [6.45, 7) is 5.98. The van der Waals surface area contributed by atoms with Gasteiger partial charge in [0.1, 0.15) is 5.82 Å². The maximum absolute atomic E-state index is 13.6. The molecule has 1 nitrogen and oxygen atoms in total. The van der Waals surface area contributed by atoms with Crippen LogP contribution in [0.5, 0.6) is 0 Å². The van der Waals surface area contributed by atoms with Gasteiger partial charge in [0.05, 0.1) is 5.02 Å². The van der Waals surface area contributed by atoms with Crippen molar-refractivity contribution in [2.45, 2.75) is 32.6 Å². The summed E-state index contributed by atoms with van der Waals surface area (Å²) < 4.78 is 13.6. The predicted octanol–water partition coefficient (Wildman–Crippen LogP) is 3.56. The van der Waals surface area contributed by atoms with E-state index in [4.69, 9.17) is 11.6 Å². The summed E-state index contributed by atoms with van der Waals surface area (Å²) in [4.78, 5) is 0. The average Bonchev–Trinajstić information content (AvgIpc) is 2.28. The topological polar surface area (TPSA) is 12.0 Å². The maximum atomic E-state index is 13.6. The van der Waals surface area contributed by atoms with Gasteiger partial charge in [0.25, 0.3) is 0 Å². The first-order valence-corrected chi connectivity index (χ1v) is 6.15. The first-order chi connectivity index (χ1) is 7.61. The minimum atomic E-state index is -0.279. The van der Waals surface area contributed by atoms with E-state index in [2.05, 4.69) is 5.32 Å². The van der Waals surface area contributed by atoms with Crippen molar-refractivity contribution in [1.82, 2.24) is 5.32 Å².